The number of rotatable bonds is 6. The molecule has 0 aromatic heterocycles. The Morgan fingerprint density at radius 2 is 1.63 bits per heavy atom. The predicted octanol–water partition coefficient (Wildman–Crippen LogP) is 4.77. The van der Waals surface area contributed by atoms with E-state index in [1.54, 1.807) is 0 Å². The van der Waals surface area contributed by atoms with Crippen molar-refractivity contribution in [2.75, 3.05) is 5.32 Å². The van der Waals surface area contributed by atoms with Crippen LogP contribution < -0.4 is 5.32 Å². The molecule has 27 heavy (non-hydrogen) atoms. The summed E-state index contributed by atoms with van der Waals surface area (Å²) in [7, 11) is 0. The number of carbonyl (C=O) groups is 2. The third kappa shape index (κ3) is 5.57. The second-order valence-corrected chi connectivity index (χ2v) is 6.01. The molecule has 144 valence electrons. The first-order valence-corrected chi connectivity index (χ1v) is 8.46. The Kier molecular flexibility index (Phi) is 6.60. The Labute approximate surface area is 155 Å². The van der Waals surface area contributed by atoms with Gasteiger partial charge in [0.25, 0.3) is 5.91 Å². The number of anilines is 1. The zero-order valence-electron chi connectivity index (χ0n) is 14.9. The molecule has 0 bridgehead atoms. The van der Waals surface area contributed by atoms with E-state index in [9.17, 15) is 22.8 Å². The van der Waals surface area contributed by atoms with E-state index in [2.05, 4.69) is 5.32 Å². The minimum absolute atomic E-state index is 0.186. The Balaban J connectivity index is 1.97. The molecule has 4 nitrogen and oxygen atoms in total. The Morgan fingerprint density at radius 1 is 1.04 bits per heavy atom. The van der Waals surface area contributed by atoms with Crippen LogP contribution in [-0.2, 0) is 20.5 Å². The fourth-order valence-electron chi connectivity index (χ4n) is 2.52. The highest BCUT2D eigenvalue weighted by Gasteiger charge is 2.30. The van der Waals surface area contributed by atoms with E-state index >= 15 is 0 Å². The third-order valence-corrected chi connectivity index (χ3v) is 4.04. The zero-order chi connectivity index (χ0) is 20.0. The average molecular weight is 379 g/mol. The molecule has 0 aliphatic rings. The number of benzene rings is 2. The summed E-state index contributed by atoms with van der Waals surface area (Å²) >= 11 is 0. The van der Waals surface area contributed by atoms with Gasteiger partial charge >= 0.3 is 12.1 Å². The Bertz CT molecular complexity index is 773. The van der Waals surface area contributed by atoms with E-state index in [0.717, 1.165) is 29.8 Å². The number of carbonyl (C=O) groups excluding carboxylic acids is 2. The summed E-state index contributed by atoms with van der Waals surface area (Å²) < 4.78 is 42.9. The molecule has 1 amide bonds. The van der Waals surface area contributed by atoms with Gasteiger partial charge in [-0.3, -0.25) is 9.59 Å². The van der Waals surface area contributed by atoms with Crippen LogP contribution in [0.5, 0.6) is 0 Å². The van der Waals surface area contributed by atoms with Gasteiger partial charge in [0.15, 0.2) is 6.10 Å². The van der Waals surface area contributed by atoms with Crippen LogP contribution in [0.3, 0.4) is 0 Å². The summed E-state index contributed by atoms with van der Waals surface area (Å²) in [5, 5.41) is 2.44. The van der Waals surface area contributed by atoms with Gasteiger partial charge < -0.3 is 10.1 Å². The van der Waals surface area contributed by atoms with Crippen molar-refractivity contribution in [2.45, 2.75) is 38.5 Å². The fraction of sp³-hybridized carbons (Fsp3) is 0.300. The molecule has 0 fully saturated rings. The lowest BCUT2D eigenvalue weighted by atomic mass is 9.97. The minimum Gasteiger partial charge on any atom is -0.452 e. The molecule has 0 saturated heterocycles. The van der Waals surface area contributed by atoms with E-state index in [-0.39, 0.29) is 5.69 Å². The first-order valence-electron chi connectivity index (χ1n) is 8.46. The van der Waals surface area contributed by atoms with E-state index in [4.69, 9.17) is 4.74 Å². The van der Waals surface area contributed by atoms with Gasteiger partial charge in [-0.2, -0.15) is 13.2 Å². The summed E-state index contributed by atoms with van der Waals surface area (Å²) in [4.78, 5) is 24.5. The molecule has 1 N–H and O–H groups in total. The van der Waals surface area contributed by atoms with Crippen LogP contribution in [0.1, 0.15) is 37.3 Å². The topological polar surface area (TPSA) is 55.4 Å². The highest BCUT2D eigenvalue weighted by atomic mass is 19.4. The van der Waals surface area contributed by atoms with Crippen molar-refractivity contribution in [2.24, 2.45) is 0 Å². The number of ether oxygens (including phenoxy) is 1. The van der Waals surface area contributed by atoms with Crippen molar-refractivity contribution >= 4 is 17.6 Å². The highest BCUT2D eigenvalue weighted by Crippen LogP contribution is 2.30. The van der Waals surface area contributed by atoms with Gasteiger partial charge in [0, 0.05) is 5.69 Å². The fourth-order valence-corrected chi connectivity index (χ4v) is 2.52. The van der Waals surface area contributed by atoms with Crippen molar-refractivity contribution in [1.29, 1.82) is 0 Å². The van der Waals surface area contributed by atoms with Crippen molar-refractivity contribution in [3.63, 3.8) is 0 Å². The third-order valence-electron chi connectivity index (χ3n) is 4.04. The van der Waals surface area contributed by atoms with Crippen molar-refractivity contribution < 1.29 is 27.5 Å². The quantitative estimate of drug-likeness (QED) is 0.736. The summed E-state index contributed by atoms with van der Waals surface area (Å²) in [6.45, 7) is 3.25. The Hall–Kier alpha value is -2.83. The van der Waals surface area contributed by atoms with E-state index < -0.39 is 35.6 Å². The average Bonchev–Trinajstić information content (AvgIpc) is 2.63. The summed E-state index contributed by atoms with van der Waals surface area (Å²) in [5.74, 6) is -1.64. The molecular weight excluding hydrogens is 359 g/mol. The largest absolute Gasteiger partial charge is 0.452 e. The van der Waals surface area contributed by atoms with Gasteiger partial charge in [0.2, 0.25) is 0 Å². The van der Waals surface area contributed by atoms with Crippen molar-refractivity contribution in [3.8, 4) is 0 Å². The smallest absolute Gasteiger partial charge is 0.416 e. The van der Waals surface area contributed by atoms with E-state index in [1.165, 1.54) is 6.92 Å². The molecule has 7 heteroatoms. The SMILES string of the molecule is CC[C@H](C(=O)O[C@@H](C)C(=O)Nc1ccc(C(F)(F)F)cc1)c1ccccc1. The number of amides is 1. The van der Waals surface area contributed by atoms with E-state index in [1.807, 2.05) is 37.3 Å². The molecule has 2 aromatic carbocycles. The molecule has 2 rings (SSSR count). The maximum absolute atomic E-state index is 12.6. The lowest BCUT2D eigenvalue weighted by Gasteiger charge is -2.18. The number of hydrogen-bond donors (Lipinski definition) is 1. The van der Waals surface area contributed by atoms with Crippen LogP contribution in [0.15, 0.2) is 54.6 Å². The summed E-state index contributed by atoms with van der Waals surface area (Å²) in [6.07, 6.45) is -5.02. The first-order chi connectivity index (χ1) is 12.7. The zero-order valence-corrected chi connectivity index (χ0v) is 14.9. The maximum Gasteiger partial charge on any atom is 0.416 e. The predicted molar refractivity (Wildman–Crippen MR) is 95.1 cm³/mol. The van der Waals surface area contributed by atoms with Crippen LogP contribution in [-0.4, -0.2) is 18.0 Å². The molecule has 0 aliphatic heterocycles. The summed E-state index contributed by atoms with van der Waals surface area (Å²) in [6, 6.07) is 13.1. The lowest BCUT2D eigenvalue weighted by Crippen LogP contribution is -2.31. The molecule has 0 spiro atoms. The molecule has 0 heterocycles. The van der Waals surface area contributed by atoms with Gasteiger partial charge in [-0.15, -0.1) is 0 Å². The second-order valence-electron chi connectivity index (χ2n) is 6.01. The normalized spacial score (nSPS) is 13.5. The highest BCUT2D eigenvalue weighted by molar-refractivity contribution is 5.95. The number of hydrogen-bond acceptors (Lipinski definition) is 3. The molecule has 2 aromatic rings. The minimum atomic E-state index is -4.45. The molecular formula is C20H20F3NO3. The summed E-state index contributed by atoms with van der Waals surface area (Å²) in [5.41, 5.74) is 0.167. The van der Waals surface area contributed by atoms with Crippen molar-refractivity contribution in [1.82, 2.24) is 0 Å². The van der Waals surface area contributed by atoms with Crippen LogP contribution in [0.25, 0.3) is 0 Å². The number of halogens is 3. The van der Waals surface area contributed by atoms with Crippen molar-refractivity contribution in [3.05, 3.63) is 65.7 Å². The second kappa shape index (κ2) is 8.70. The standard InChI is InChI=1S/C20H20F3NO3/c1-3-17(14-7-5-4-6-8-14)19(26)27-13(2)18(25)24-16-11-9-15(10-12-16)20(21,22)23/h4-13,17H,3H2,1-2H3,(H,24,25)/t13-,17-/m0/s1. The number of esters is 1. The molecule has 0 radical (unpaired) electrons. The van der Waals surface area contributed by atoms with Crippen LogP contribution in [0.2, 0.25) is 0 Å². The lowest BCUT2D eigenvalue weighted by molar-refractivity contribution is -0.154. The monoisotopic (exact) mass is 379 g/mol. The molecule has 2 atom stereocenters. The molecule has 0 saturated carbocycles. The van der Waals surface area contributed by atoms with E-state index in [0.29, 0.717) is 6.42 Å². The number of nitrogens with one attached hydrogen (secondary N) is 1. The van der Waals surface area contributed by atoms with Gasteiger partial charge in [0.05, 0.1) is 11.5 Å². The number of alkyl halides is 3. The van der Waals surface area contributed by atoms with Gasteiger partial charge in [-0.1, -0.05) is 37.3 Å². The molecule has 0 aliphatic carbocycles. The van der Waals surface area contributed by atoms with Crippen LogP contribution in [0.4, 0.5) is 18.9 Å². The van der Waals surface area contributed by atoms with Crippen LogP contribution in [0, 0.1) is 0 Å². The maximum atomic E-state index is 12.6. The van der Waals surface area contributed by atoms with Crippen LogP contribution >= 0.6 is 0 Å². The first kappa shape index (κ1) is 20.5. The van der Waals surface area contributed by atoms with Gasteiger partial charge in [0.1, 0.15) is 0 Å². The van der Waals surface area contributed by atoms with Gasteiger partial charge in [-0.05, 0) is 43.2 Å². The van der Waals surface area contributed by atoms with Gasteiger partial charge in [-0.25, -0.2) is 0 Å². The Morgan fingerprint density at radius 3 is 2.15 bits per heavy atom. The molecule has 0 unspecified atom stereocenters.